The summed E-state index contributed by atoms with van der Waals surface area (Å²) in [5.74, 6) is -0.801. The van der Waals surface area contributed by atoms with Crippen molar-refractivity contribution in [2.45, 2.75) is 38.3 Å². The number of carboxylic acid groups (broad SMARTS) is 1. The van der Waals surface area contributed by atoms with Crippen LogP contribution in [0.1, 0.15) is 30.4 Å². The highest BCUT2D eigenvalue weighted by Crippen LogP contribution is 2.21. The van der Waals surface area contributed by atoms with Gasteiger partial charge in [-0.2, -0.15) is 0 Å². The zero-order valence-corrected chi connectivity index (χ0v) is 11.1. The smallest absolute Gasteiger partial charge is 0.307 e. The van der Waals surface area contributed by atoms with Crippen molar-refractivity contribution in [1.82, 2.24) is 4.90 Å². The molecule has 1 heterocycles. The minimum absolute atomic E-state index is 0.0633. The van der Waals surface area contributed by atoms with Crippen LogP contribution in [-0.2, 0) is 17.8 Å². The van der Waals surface area contributed by atoms with E-state index in [1.165, 1.54) is 6.42 Å². The summed E-state index contributed by atoms with van der Waals surface area (Å²) in [5, 5.41) is 18.4. The molecule has 1 aliphatic rings. The Morgan fingerprint density at radius 3 is 2.68 bits per heavy atom. The lowest BCUT2D eigenvalue weighted by Crippen LogP contribution is -2.41. The summed E-state index contributed by atoms with van der Waals surface area (Å²) in [5.41, 5.74) is 1.93. The number of nitrogens with zero attached hydrogens (tertiary/aromatic N) is 1. The molecule has 0 amide bonds. The van der Waals surface area contributed by atoms with Gasteiger partial charge in [0.15, 0.2) is 0 Å². The fraction of sp³-hybridized carbons (Fsp3) is 0.533. The first-order chi connectivity index (χ1) is 9.20. The minimum Gasteiger partial charge on any atom is -0.481 e. The number of piperidine rings is 1. The van der Waals surface area contributed by atoms with Gasteiger partial charge >= 0.3 is 5.97 Å². The Morgan fingerprint density at radius 1 is 1.26 bits per heavy atom. The van der Waals surface area contributed by atoms with Crippen molar-refractivity contribution < 1.29 is 15.0 Å². The van der Waals surface area contributed by atoms with Gasteiger partial charge < -0.3 is 10.2 Å². The average molecular weight is 263 g/mol. The molecular formula is C15H21NO3. The second-order valence-electron chi connectivity index (χ2n) is 5.14. The number of benzene rings is 1. The summed E-state index contributed by atoms with van der Waals surface area (Å²) in [6.07, 6.45) is 3.40. The van der Waals surface area contributed by atoms with Crippen LogP contribution in [0.5, 0.6) is 0 Å². The first kappa shape index (κ1) is 14.0. The Bertz CT molecular complexity index is 433. The molecule has 1 unspecified atom stereocenters. The molecule has 1 aromatic rings. The number of carbonyl (C=O) groups is 1. The van der Waals surface area contributed by atoms with E-state index in [0.29, 0.717) is 0 Å². The number of carboxylic acids is 1. The second kappa shape index (κ2) is 6.68. The second-order valence-corrected chi connectivity index (χ2v) is 5.14. The summed E-state index contributed by atoms with van der Waals surface area (Å²) < 4.78 is 0. The Morgan fingerprint density at radius 2 is 2.00 bits per heavy atom. The summed E-state index contributed by atoms with van der Waals surface area (Å²) in [6, 6.07) is 7.90. The molecule has 0 bridgehead atoms. The van der Waals surface area contributed by atoms with Gasteiger partial charge in [-0.15, -0.1) is 0 Å². The first-order valence-electron chi connectivity index (χ1n) is 6.84. The van der Waals surface area contributed by atoms with E-state index in [2.05, 4.69) is 4.90 Å². The molecule has 1 atom stereocenters. The van der Waals surface area contributed by atoms with Gasteiger partial charge in [0, 0.05) is 12.6 Å². The highest BCUT2D eigenvalue weighted by Gasteiger charge is 2.22. The van der Waals surface area contributed by atoms with Gasteiger partial charge in [-0.25, -0.2) is 0 Å². The Hall–Kier alpha value is -1.39. The molecular weight excluding hydrogens is 242 g/mol. The number of aliphatic carboxylic acids is 1. The zero-order valence-electron chi connectivity index (χ0n) is 11.1. The van der Waals surface area contributed by atoms with Gasteiger partial charge in [-0.05, 0) is 30.5 Å². The maximum atomic E-state index is 10.9. The van der Waals surface area contributed by atoms with E-state index in [9.17, 15) is 9.90 Å². The molecule has 1 saturated heterocycles. The molecule has 0 radical (unpaired) electrons. The van der Waals surface area contributed by atoms with Crippen molar-refractivity contribution in [2.24, 2.45) is 0 Å². The maximum absolute atomic E-state index is 10.9. The van der Waals surface area contributed by atoms with Gasteiger partial charge in [0.25, 0.3) is 0 Å². The third kappa shape index (κ3) is 3.78. The number of likely N-dealkylation sites (tertiary alicyclic amines) is 1. The van der Waals surface area contributed by atoms with Crippen molar-refractivity contribution in [3.8, 4) is 0 Å². The normalized spacial score (nSPS) is 20.4. The fourth-order valence-corrected chi connectivity index (χ4v) is 2.74. The molecule has 0 aromatic heterocycles. The predicted molar refractivity (Wildman–Crippen MR) is 72.9 cm³/mol. The van der Waals surface area contributed by atoms with Crippen LogP contribution in [0.4, 0.5) is 0 Å². The van der Waals surface area contributed by atoms with Crippen LogP contribution in [0.3, 0.4) is 0 Å². The van der Waals surface area contributed by atoms with Crippen molar-refractivity contribution >= 4 is 5.97 Å². The lowest BCUT2D eigenvalue weighted by atomic mass is 9.99. The molecule has 4 heteroatoms. The summed E-state index contributed by atoms with van der Waals surface area (Å²) >= 11 is 0. The van der Waals surface area contributed by atoms with Crippen molar-refractivity contribution in [3.05, 3.63) is 35.4 Å². The zero-order chi connectivity index (χ0) is 13.7. The molecule has 1 aromatic carbocycles. The Balaban J connectivity index is 2.11. The van der Waals surface area contributed by atoms with E-state index in [-0.39, 0.29) is 19.1 Å². The van der Waals surface area contributed by atoms with Gasteiger partial charge in [-0.1, -0.05) is 30.7 Å². The SMILES string of the molecule is O=C(O)Cc1ccccc1CN1CCCCC1CO. The van der Waals surface area contributed by atoms with Crippen LogP contribution in [0.15, 0.2) is 24.3 Å². The van der Waals surface area contributed by atoms with Crippen LogP contribution in [0.25, 0.3) is 0 Å². The van der Waals surface area contributed by atoms with Crippen LogP contribution < -0.4 is 0 Å². The van der Waals surface area contributed by atoms with Gasteiger partial charge in [0.2, 0.25) is 0 Å². The number of aliphatic hydroxyl groups is 1. The van der Waals surface area contributed by atoms with Crippen LogP contribution in [0.2, 0.25) is 0 Å². The van der Waals surface area contributed by atoms with E-state index in [4.69, 9.17) is 5.11 Å². The molecule has 1 aliphatic heterocycles. The van der Waals surface area contributed by atoms with Crippen LogP contribution in [0, 0.1) is 0 Å². The lowest BCUT2D eigenvalue weighted by Gasteiger charge is -2.35. The van der Waals surface area contributed by atoms with E-state index in [1.54, 1.807) is 0 Å². The highest BCUT2D eigenvalue weighted by molar-refractivity contribution is 5.70. The third-order valence-corrected chi connectivity index (χ3v) is 3.79. The first-order valence-corrected chi connectivity index (χ1v) is 6.84. The Labute approximate surface area is 113 Å². The number of hydrogen-bond donors (Lipinski definition) is 2. The molecule has 1 fully saturated rings. The summed E-state index contributed by atoms with van der Waals surface area (Å²) in [4.78, 5) is 13.1. The van der Waals surface area contributed by atoms with Crippen molar-refractivity contribution in [3.63, 3.8) is 0 Å². The molecule has 2 N–H and O–H groups in total. The molecule has 0 saturated carbocycles. The number of rotatable bonds is 5. The molecule has 0 aliphatic carbocycles. The van der Waals surface area contributed by atoms with E-state index >= 15 is 0 Å². The topological polar surface area (TPSA) is 60.8 Å². The van der Waals surface area contributed by atoms with E-state index < -0.39 is 5.97 Å². The van der Waals surface area contributed by atoms with Gasteiger partial charge in [-0.3, -0.25) is 9.69 Å². The molecule has 104 valence electrons. The Kier molecular flexibility index (Phi) is 4.93. The molecule has 19 heavy (non-hydrogen) atoms. The lowest BCUT2D eigenvalue weighted by molar-refractivity contribution is -0.136. The average Bonchev–Trinajstić information content (AvgIpc) is 2.41. The van der Waals surface area contributed by atoms with Crippen LogP contribution in [-0.4, -0.2) is 40.3 Å². The van der Waals surface area contributed by atoms with E-state index in [0.717, 1.165) is 37.1 Å². The third-order valence-electron chi connectivity index (χ3n) is 3.79. The standard InChI is InChI=1S/C15H21NO3/c17-11-14-7-3-4-8-16(14)10-13-6-2-1-5-12(13)9-15(18)19/h1-2,5-6,14,17H,3-4,7-11H2,(H,18,19). The number of hydrogen-bond acceptors (Lipinski definition) is 3. The van der Waals surface area contributed by atoms with Gasteiger partial charge in [0.05, 0.1) is 13.0 Å². The predicted octanol–water partition coefficient (Wildman–Crippen LogP) is 1.66. The largest absolute Gasteiger partial charge is 0.481 e. The quantitative estimate of drug-likeness (QED) is 0.848. The monoisotopic (exact) mass is 263 g/mol. The molecule has 2 rings (SSSR count). The number of aliphatic hydroxyl groups excluding tert-OH is 1. The van der Waals surface area contributed by atoms with E-state index in [1.807, 2.05) is 24.3 Å². The molecule has 4 nitrogen and oxygen atoms in total. The van der Waals surface area contributed by atoms with Crippen molar-refractivity contribution in [2.75, 3.05) is 13.2 Å². The minimum atomic E-state index is -0.801. The highest BCUT2D eigenvalue weighted by atomic mass is 16.4. The fourth-order valence-electron chi connectivity index (χ4n) is 2.74. The van der Waals surface area contributed by atoms with Crippen molar-refractivity contribution in [1.29, 1.82) is 0 Å². The maximum Gasteiger partial charge on any atom is 0.307 e. The van der Waals surface area contributed by atoms with Gasteiger partial charge in [0.1, 0.15) is 0 Å². The summed E-state index contributed by atoms with van der Waals surface area (Å²) in [6.45, 7) is 1.89. The van der Waals surface area contributed by atoms with Crippen LogP contribution >= 0.6 is 0 Å². The summed E-state index contributed by atoms with van der Waals surface area (Å²) in [7, 11) is 0. The molecule has 0 spiro atoms.